The lowest BCUT2D eigenvalue weighted by Crippen LogP contribution is -2.41. The van der Waals surface area contributed by atoms with Crippen LogP contribution in [0, 0.1) is 11.8 Å². The van der Waals surface area contributed by atoms with Crippen LogP contribution < -0.4 is 4.74 Å². The van der Waals surface area contributed by atoms with Crippen LogP contribution in [0.15, 0.2) is 41.6 Å². The van der Waals surface area contributed by atoms with Crippen LogP contribution in [0.1, 0.15) is 12.6 Å². The Morgan fingerprint density at radius 2 is 2.32 bits per heavy atom. The van der Waals surface area contributed by atoms with Gasteiger partial charge in [0.1, 0.15) is 11.9 Å². The van der Waals surface area contributed by atoms with Crippen molar-refractivity contribution in [1.82, 2.24) is 9.88 Å². The van der Waals surface area contributed by atoms with Gasteiger partial charge in [-0.1, -0.05) is 17.7 Å². The number of hydrogen-bond donors (Lipinski definition) is 0. The van der Waals surface area contributed by atoms with Gasteiger partial charge in [0.15, 0.2) is 0 Å². The van der Waals surface area contributed by atoms with Crippen molar-refractivity contribution in [2.75, 3.05) is 13.6 Å². The Morgan fingerprint density at radius 3 is 3.14 bits per heavy atom. The number of hydrogen-bond acceptors (Lipinski definition) is 3. The molecule has 0 spiro atoms. The van der Waals surface area contributed by atoms with E-state index in [1.54, 1.807) is 11.1 Å². The number of ether oxygens (including phenoxy) is 1. The van der Waals surface area contributed by atoms with Gasteiger partial charge in [-0.15, -0.1) is 0 Å². The molecule has 1 aromatic heterocycles. The summed E-state index contributed by atoms with van der Waals surface area (Å²) in [6, 6.07) is 3.73. The predicted molar refractivity (Wildman–Crippen MR) is 83.7 cm³/mol. The number of rotatable bonds is 0. The zero-order chi connectivity index (χ0) is 15.5. The molecule has 3 aliphatic rings. The van der Waals surface area contributed by atoms with Crippen molar-refractivity contribution in [3.63, 3.8) is 0 Å². The quantitative estimate of drug-likeness (QED) is 0.738. The third-order valence-corrected chi connectivity index (χ3v) is 5.43. The van der Waals surface area contributed by atoms with Gasteiger partial charge in [0.25, 0.3) is 0 Å². The van der Waals surface area contributed by atoms with Gasteiger partial charge in [0, 0.05) is 36.7 Å². The molecule has 0 bridgehead atoms. The number of likely N-dealkylation sites (N-methyl/N-ethyl adjacent to an activating group) is 1. The molecule has 0 saturated carbocycles. The first-order chi connectivity index (χ1) is 10.5. The molecule has 4 nitrogen and oxygen atoms in total. The number of likely N-dealkylation sites (tertiary alicyclic amines) is 1. The lowest BCUT2D eigenvalue weighted by atomic mass is 9.68. The minimum Gasteiger partial charge on any atom is -0.484 e. The molecule has 114 valence electrons. The zero-order valence-corrected chi connectivity index (χ0v) is 13.2. The Hall–Kier alpha value is -1.81. The summed E-state index contributed by atoms with van der Waals surface area (Å²) in [4.78, 5) is 19.2. The van der Waals surface area contributed by atoms with Gasteiger partial charge in [-0.25, -0.2) is 0 Å². The van der Waals surface area contributed by atoms with E-state index in [1.807, 2.05) is 38.3 Å². The largest absolute Gasteiger partial charge is 0.484 e. The van der Waals surface area contributed by atoms with E-state index in [0.717, 1.165) is 5.69 Å². The minimum absolute atomic E-state index is 0.107. The molecule has 1 saturated heterocycles. The van der Waals surface area contributed by atoms with Crippen molar-refractivity contribution >= 4 is 17.5 Å². The number of carbonyl (C=O) groups is 1. The number of allylic oxidation sites excluding steroid dienone is 2. The number of amides is 1. The van der Waals surface area contributed by atoms with E-state index in [1.165, 1.54) is 0 Å². The maximum Gasteiger partial charge on any atom is 0.234 e. The molecule has 2 unspecified atom stereocenters. The fourth-order valence-electron chi connectivity index (χ4n) is 4.03. The fourth-order valence-corrected chi connectivity index (χ4v) is 4.23. The highest BCUT2D eigenvalue weighted by atomic mass is 35.5. The number of carbonyl (C=O) groups excluding carboxylic acids is 1. The molecule has 4 rings (SSSR count). The third-order valence-electron chi connectivity index (χ3n) is 5.17. The summed E-state index contributed by atoms with van der Waals surface area (Å²) in [5.74, 6) is 1.01. The number of fused-ring (bicyclic) bond motifs is 5. The van der Waals surface area contributed by atoms with Crippen molar-refractivity contribution in [2.24, 2.45) is 11.8 Å². The highest BCUT2D eigenvalue weighted by Gasteiger charge is 2.58. The molecule has 1 aromatic rings. The van der Waals surface area contributed by atoms with Gasteiger partial charge in [-0.3, -0.25) is 9.78 Å². The monoisotopic (exact) mass is 316 g/mol. The number of halogens is 1. The Balaban J connectivity index is 1.94. The van der Waals surface area contributed by atoms with Gasteiger partial charge in [-0.2, -0.15) is 0 Å². The predicted octanol–water partition coefficient (Wildman–Crippen LogP) is 2.50. The lowest BCUT2D eigenvalue weighted by Gasteiger charge is -2.32. The molecular formula is C17H17ClN2O2. The molecule has 5 heteroatoms. The highest BCUT2D eigenvalue weighted by Crippen LogP contribution is 2.50. The van der Waals surface area contributed by atoms with E-state index < -0.39 is 5.41 Å². The van der Waals surface area contributed by atoms with E-state index >= 15 is 0 Å². The van der Waals surface area contributed by atoms with Crippen molar-refractivity contribution in [3.8, 4) is 5.75 Å². The Morgan fingerprint density at radius 1 is 1.50 bits per heavy atom. The van der Waals surface area contributed by atoms with E-state index in [-0.39, 0.29) is 23.8 Å². The van der Waals surface area contributed by atoms with Crippen LogP contribution in [-0.4, -0.2) is 35.5 Å². The Kier molecular flexibility index (Phi) is 2.89. The first-order valence-electron chi connectivity index (χ1n) is 7.45. The molecule has 0 aromatic carbocycles. The van der Waals surface area contributed by atoms with Crippen LogP contribution in [0.5, 0.6) is 5.75 Å². The lowest BCUT2D eigenvalue weighted by molar-refractivity contribution is -0.131. The summed E-state index contributed by atoms with van der Waals surface area (Å²) in [6.45, 7) is 2.69. The van der Waals surface area contributed by atoms with Gasteiger partial charge < -0.3 is 9.64 Å². The average molecular weight is 317 g/mol. The fraction of sp³-hybridized carbons (Fsp3) is 0.412. The molecular weight excluding hydrogens is 300 g/mol. The summed E-state index contributed by atoms with van der Waals surface area (Å²) in [5.41, 5.74) is 0.0777. The standard InChI is InChI=1S/C17H17ClN2O2/c1-17-12(9-20(2)16(17)21)11-6-5-10(18)8-14(11)22-13-4-3-7-19-15(13)17/h3-8,11-12,14H,9H2,1-2H3/t11?,12-,14?,17+/m1/s1. The van der Waals surface area contributed by atoms with Gasteiger partial charge in [-0.05, 0) is 31.2 Å². The number of pyridine rings is 1. The molecule has 1 fully saturated rings. The van der Waals surface area contributed by atoms with E-state index in [0.29, 0.717) is 17.3 Å². The van der Waals surface area contributed by atoms with Crippen LogP contribution in [-0.2, 0) is 10.2 Å². The van der Waals surface area contributed by atoms with E-state index in [2.05, 4.69) is 11.1 Å². The smallest absolute Gasteiger partial charge is 0.234 e. The summed E-state index contributed by atoms with van der Waals surface area (Å²) in [6.07, 6.45) is 7.47. The number of aromatic nitrogens is 1. The highest BCUT2D eigenvalue weighted by molar-refractivity contribution is 6.31. The summed E-state index contributed by atoms with van der Waals surface area (Å²) < 4.78 is 6.17. The van der Waals surface area contributed by atoms with Gasteiger partial charge >= 0.3 is 0 Å². The molecule has 3 heterocycles. The molecule has 2 aliphatic heterocycles. The molecule has 0 radical (unpaired) electrons. The summed E-state index contributed by atoms with van der Waals surface area (Å²) >= 11 is 6.15. The van der Waals surface area contributed by atoms with Gasteiger partial charge in [0.2, 0.25) is 5.91 Å². The molecule has 22 heavy (non-hydrogen) atoms. The molecule has 0 N–H and O–H groups in total. The minimum atomic E-state index is -0.660. The van der Waals surface area contributed by atoms with Crippen LogP contribution >= 0.6 is 11.6 Å². The maximum atomic E-state index is 12.9. The van der Waals surface area contributed by atoms with Crippen molar-refractivity contribution < 1.29 is 9.53 Å². The third kappa shape index (κ3) is 1.70. The second-order valence-electron chi connectivity index (χ2n) is 6.42. The molecule has 4 atom stereocenters. The summed E-state index contributed by atoms with van der Waals surface area (Å²) in [7, 11) is 1.86. The second-order valence-corrected chi connectivity index (χ2v) is 6.85. The van der Waals surface area contributed by atoms with Crippen molar-refractivity contribution in [2.45, 2.75) is 18.4 Å². The van der Waals surface area contributed by atoms with Crippen LogP contribution in [0.3, 0.4) is 0 Å². The van der Waals surface area contributed by atoms with Crippen LogP contribution in [0.2, 0.25) is 0 Å². The van der Waals surface area contributed by atoms with E-state index in [4.69, 9.17) is 16.3 Å². The Bertz CT molecular complexity index is 714. The maximum absolute atomic E-state index is 12.9. The topological polar surface area (TPSA) is 42.4 Å². The van der Waals surface area contributed by atoms with Crippen molar-refractivity contribution in [1.29, 1.82) is 0 Å². The van der Waals surface area contributed by atoms with Crippen molar-refractivity contribution in [3.05, 3.63) is 47.3 Å². The normalized spacial score (nSPS) is 36.0. The number of nitrogens with zero attached hydrogens (tertiary/aromatic N) is 2. The van der Waals surface area contributed by atoms with E-state index in [9.17, 15) is 4.79 Å². The Labute approximate surface area is 134 Å². The average Bonchev–Trinajstić information content (AvgIpc) is 2.67. The van der Waals surface area contributed by atoms with Crippen LogP contribution in [0.25, 0.3) is 0 Å². The van der Waals surface area contributed by atoms with Crippen LogP contribution in [0.4, 0.5) is 0 Å². The molecule has 1 aliphatic carbocycles. The molecule has 1 amide bonds. The van der Waals surface area contributed by atoms with Gasteiger partial charge in [0.05, 0.1) is 11.1 Å². The SMILES string of the molecule is CN1C[C@@H]2C3C=CC(Cl)=CC3Oc3cccnc3[C@@]2(C)C1=O. The summed E-state index contributed by atoms with van der Waals surface area (Å²) in [5, 5.41) is 0.674. The first kappa shape index (κ1) is 13.8. The first-order valence-corrected chi connectivity index (χ1v) is 7.83. The second kappa shape index (κ2) is 4.59. The zero-order valence-electron chi connectivity index (χ0n) is 12.5.